The maximum Gasteiger partial charge on any atom is 0.119 e. The molecule has 14 heavy (non-hydrogen) atoms. The zero-order chi connectivity index (χ0) is 10.0. The van der Waals surface area contributed by atoms with Crippen LogP contribution in [0.1, 0.15) is 12.0 Å². The van der Waals surface area contributed by atoms with Gasteiger partial charge in [-0.05, 0) is 30.7 Å². The Morgan fingerprint density at radius 2 is 2.36 bits per heavy atom. The summed E-state index contributed by atoms with van der Waals surface area (Å²) in [4.78, 5) is 0. The van der Waals surface area contributed by atoms with Gasteiger partial charge in [-0.2, -0.15) is 0 Å². The van der Waals surface area contributed by atoms with Gasteiger partial charge < -0.3 is 15.8 Å². The summed E-state index contributed by atoms with van der Waals surface area (Å²) in [5, 5.41) is 3.40. The molecule has 3 nitrogen and oxygen atoms in total. The second-order valence-electron chi connectivity index (χ2n) is 3.69. The van der Waals surface area contributed by atoms with Crippen LogP contribution in [0.25, 0.3) is 0 Å². The molecule has 0 amide bonds. The first-order valence-electron chi connectivity index (χ1n) is 4.90. The number of rotatable bonds is 3. The highest BCUT2D eigenvalue weighted by Gasteiger charge is 2.36. The lowest BCUT2D eigenvalue weighted by molar-refractivity contribution is 0.218. The van der Waals surface area contributed by atoms with E-state index in [0.717, 1.165) is 18.7 Å². The second kappa shape index (κ2) is 3.59. The summed E-state index contributed by atoms with van der Waals surface area (Å²) in [6.07, 6.45) is 1.11. The molecule has 1 atom stereocenters. The molecule has 3 N–H and O–H groups in total. The number of hydrogen-bond donors (Lipinski definition) is 2. The van der Waals surface area contributed by atoms with Crippen molar-refractivity contribution in [1.29, 1.82) is 0 Å². The summed E-state index contributed by atoms with van der Waals surface area (Å²) in [7, 11) is 1.68. The van der Waals surface area contributed by atoms with Crippen LogP contribution in [0.2, 0.25) is 0 Å². The molecule has 1 saturated heterocycles. The lowest BCUT2D eigenvalue weighted by Gasteiger charge is -2.43. The van der Waals surface area contributed by atoms with Gasteiger partial charge in [0.25, 0.3) is 0 Å². The molecule has 1 fully saturated rings. The highest BCUT2D eigenvalue weighted by atomic mass is 16.5. The standard InChI is InChI=1S/C11H16N2O/c1-14-10-4-2-3-9(7-10)11(8-12)5-6-13-11/h2-4,7,13H,5-6,8,12H2,1H3. The minimum absolute atomic E-state index is 0.00542. The minimum atomic E-state index is -0.00542. The molecule has 76 valence electrons. The fraction of sp³-hybridized carbons (Fsp3) is 0.455. The van der Waals surface area contributed by atoms with Crippen LogP contribution in [0.5, 0.6) is 5.75 Å². The third-order valence-electron chi connectivity index (χ3n) is 2.99. The van der Waals surface area contributed by atoms with Gasteiger partial charge in [0.05, 0.1) is 12.6 Å². The lowest BCUT2D eigenvalue weighted by Crippen LogP contribution is -2.58. The van der Waals surface area contributed by atoms with Crippen molar-refractivity contribution in [2.24, 2.45) is 5.73 Å². The second-order valence-corrected chi connectivity index (χ2v) is 3.69. The van der Waals surface area contributed by atoms with Gasteiger partial charge >= 0.3 is 0 Å². The van der Waals surface area contributed by atoms with Gasteiger partial charge in [-0.25, -0.2) is 0 Å². The number of nitrogens with two attached hydrogens (primary N) is 1. The van der Waals surface area contributed by atoms with E-state index in [9.17, 15) is 0 Å². The summed E-state index contributed by atoms with van der Waals surface area (Å²) in [5.74, 6) is 0.893. The molecule has 2 rings (SSSR count). The quantitative estimate of drug-likeness (QED) is 0.746. The van der Waals surface area contributed by atoms with Crippen LogP contribution in [0, 0.1) is 0 Å². The highest BCUT2D eigenvalue weighted by Crippen LogP contribution is 2.31. The van der Waals surface area contributed by atoms with Gasteiger partial charge in [0.15, 0.2) is 0 Å². The Balaban J connectivity index is 2.30. The summed E-state index contributed by atoms with van der Waals surface area (Å²) in [5.41, 5.74) is 7.01. The molecule has 0 saturated carbocycles. The molecule has 1 heterocycles. The minimum Gasteiger partial charge on any atom is -0.497 e. The van der Waals surface area contributed by atoms with Crippen LogP contribution in [0.3, 0.4) is 0 Å². The normalized spacial score (nSPS) is 25.6. The molecule has 1 unspecified atom stereocenters. The number of benzene rings is 1. The maximum absolute atomic E-state index is 5.79. The molecule has 1 aromatic rings. The molecule has 1 aliphatic rings. The molecule has 0 bridgehead atoms. The van der Waals surface area contributed by atoms with Crippen LogP contribution in [0.15, 0.2) is 24.3 Å². The van der Waals surface area contributed by atoms with Gasteiger partial charge in [-0.1, -0.05) is 12.1 Å². The third kappa shape index (κ3) is 1.38. The smallest absolute Gasteiger partial charge is 0.119 e. The van der Waals surface area contributed by atoms with Crippen molar-refractivity contribution in [3.63, 3.8) is 0 Å². The predicted molar refractivity (Wildman–Crippen MR) is 56.3 cm³/mol. The van der Waals surface area contributed by atoms with E-state index in [2.05, 4.69) is 17.4 Å². The molecule has 3 heteroatoms. The SMILES string of the molecule is COc1cccc(C2(CN)CCN2)c1. The first-order valence-corrected chi connectivity index (χ1v) is 4.90. The number of methoxy groups -OCH3 is 1. The third-order valence-corrected chi connectivity index (χ3v) is 2.99. The van der Waals surface area contributed by atoms with E-state index in [1.54, 1.807) is 7.11 Å². The van der Waals surface area contributed by atoms with E-state index in [1.165, 1.54) is 5.56 Å². The maximum atomic E-state index is 5.79. The molecule has 0 spiro atoms. The van der Waals surface area contributed by atoms with E-state index in [-0.39, 0.29) is 5.54 Å². The van der Waals surface area contributed by atoms with Crippen molar-refractivity contribution >= 4 is 0 Å². The van der Waals surface area contributed by atoms with Crippen molar-refractivity contribution in [3.05, 3.63) is 29.8 Å². The molecular formula is C11H16N2O. The van der Waals surface area contributed by atoms with Gasteiger partial charge in [0.2, 0.25) is 0 Å². The Morgan fingerprint density at radius 3 is 2.86 bits per heavy atom. The van der Waals surface area contributed by atoms with Gasteiger partial charge in [0, 0.05) is 6.54 Å². The van der Waals surface area contributed by atoms with Crippen LogP contribution in [-0.2, 0) is 5.54 Å². The van der Waals surface area contributed by atoms with Crippen molar-refractivity contribution in [3.8, 4) is 5.75 Å². The zero-order valence-corrected chi connectivity index (χ0v) is 8.42. The van der Waals surface area contributed by atoms with Crippen molar-refractivity contribution < 1.29 is 4.74 Å². The Kier molecular flexibility index (Phi) is 2.44. The molecule has 0 radical (unpaired) electrons. The average Bonchev–Trinajstić information content (AvgIpc) is 2.18. The summed E-state index contributed by atoms with van der Waals surface area (Å²) < 4.78 is 5.19. The lowest BCUT2D eigenvalue weighted by atomic mass is 9.81. The summed E-state index contributed by atoms with van der Waals surface area (Å²) in [6, 6.07) is 8.11. The van der Waals surface area contributed by atoms with E-state index in [1.807, 2.05) is 12.1 Å². The highest BCUT2D eigenvalue weighted by molar-refractivity contribution is 5.35. The average molecular weight is 192 g/mol. The Labute approximate surface area is 84.3 Å². The number of nitrogens with one attached hydrogen (secondary N) is 1. The summed E-state index contributed by atoms with van der Waals surface area (Å²) in [6.45, 7) is 1.69. The Hall–Kier alpha value is -1.06. The predicted octanol–water partition coefficient (Wildman–Crippen LogP) is 0.843. The molecular weight excluding hydrogens is 176 g/mol. The van der Waals surface area contributed by atoms with E-state index in [4.69, 9.17) is 10.5 Å². The van der Waals surface area contributed by atoms with E-state index < -0.39 is 0 Å². The fourth-order valence-corrected chi connectivity index (χ4v) is 1.89. The molecule has 0 aromatic heterocycles. The number of ether oxygens (including phenoxy) is 1. The fourth-order valence-electron chi connectivity index (χ4n) is 1.89. The van der Waals surface area contributed by atoms with Crippen molar-refractivity contribution in [1.82, 2.24) is 5.32 Å². The van der Waals surface area contributed by atoms with E-state index >= 15 is 0 Å². The first-order chi connectivity index (χ1) is 6.80. The van der Waals surface area contributed by atoms with Crippen molar-refractivity contribution in [2.75, 3.05) is 20.2 Å². The van der Waals surface area contributed by atoms with Crippen LogP contribution < -0.4 is 15.8 Å². The van der Waals surface area contributed by atoms with Gasteiger partial charge in [-0.15, -0.1) is 0 Å². The monoisotopic (exact) mass is 192 g/mol. The van der Waals surface area contributed by atoms with E-state index in [0.29, 0.717) is 6.54 Å². The van der Waals surface area contributed by atoms with Gasteiger partial charge in [0.1, 0.15) is 5.75 Å². The largest absolute Gasteiger partial charge is 0.497 e. The van der Waals surface area contributed by atoms with Crippen LogP contribution in [0.4, 0.5) is 0 Å². The Morgan fingerprint density at radius 1 is 1.57 bits per heavy atom. The topological polar surface area (TPSA) is 47.3 Å². The van der Waals surface area contributed by atoms with Crippen LogP contribution >= 0.6 is 0 Å². The zero-order valence-electron chi connectivity index (χ0n) is 8.42. The first kappa shape index (κ1) is 9.49. The molecule has 1 aromatic carbocycles. The molecule has 1 aliphatic heterocycles. The molecule has 0 aliphatic carbocycles. The van der Waals surface area contributed by atoms with Crippen LogP contribution in [-0.4, -0.2) is 20.2 Å². The number of hydrogen-bond acceptors (Lipinski definition) is 3. The van der Waals surface area contributed by atoms with Gasteiger partial charge in [-0.3, -0.25) is 0 Å². The summed E-state index contributed by atoms with van der Waals surface area (Å²) >= 11 is 0. The van der Waals surface area contributed by atoms with Crippen molar-refractivity contribution in [2.45, 2.75) is 12.0 Å². The Bertz CT molecular complexity index is 315.